The summed E-state index contributed by atoms with van der Waals surface area (Å²) in [6, 6.07) is 6.66. The lowest BCUT2D eigenvalue weighted by Gasteiger charge is -2.20. The third-order valence-electron chi connectivity index (χ3n) is 5.05. The Morgan fingerprint density at radius 1 is 1.23 bits per heavy atom. The molecule has 0 atom stereocenters. The summed E-state index contributed by atoms with van der Waals surface area (Å²) in [5.74, 6) is -0.263. The number of hydrogen-bond acceptors (Lipinski definition) is 10. The number of likely N-dealkylation sites (tertiary alicyclic amines) is 1. The number of amides is 1. The van der Waals surface area contributed by atoms with Crippen LogP contribution in [0.4, 0.5) is 5.82 Å². The zero-order valence-electron chi connectivity index (χ0n) is 16.8. The molecule has 4 rings (SSSR count). The van der Waals surface area contributed by atoms with Crippen LogP contribution in [0.3, 0.4) is 0 Å². The number of hydrazone groups is 1. The first-order valence-electron chi connectivity index (χ1n) is 10.00. The van der Waals surface area contributed by atoms with Gasteiger partial charge in [0, 0.05) is 12.1 Å². The van der Waals surface area contributed by atoms with E-state index < -0.39 is 5.91 Å². The number of nitrogens with one attached hydrogen (secondary N) is 1. The molecule has 3 heterocycles. The number of hydrogen-bond donors (Lipinski definition) is 3. The molecule has 31 heavy (non-hydrogen) atoms. The van der Waals surface area contributed by atoms with Crippen molar-refractivity contribution in [2.24, 2.45) is 5.10 Å². The number of phenolic OH excluding ortho intramolecular Hbond substituents is 1. The molecular weight excluding hydrogens is 402 g/mol. The molecule has 12 heteroatoms. The van der Waals surface area contributed by atoms with Crippen LogP contribution in [0.5, 0.6) is 5.75 Å². The molecular formula is C19H23N9O3. The predicted molar refractivity (Wildman–Crippen MR) is 111 cm³/mol. The number of aromatic hydroxyl groups is 1. The molecule has 1 saturated heterocycles. The maximum atomic E-state index is 12.8. The van der Waals surface area contributed by atoms with Crippen LogP contribution < -0.4 is 11.2 Å². The van der Waals surface area contributed by atoms with Gasteiger partial charge in [0.05, 0.1) is 11.9 Å². The van der Waals surface area contributed by atoms with E-state index in [-0.39, 0.29) is 23.1 Å². The highest BCUT2D eigenvalue weighted by atomic mass is 16.6. The SMILES string of the molecule is Nc1nonc1-n1nnc(C(=O)N/N=C\c2ccccc2O)c1CN1CCCCCC1. The zero-order chi connectivity index (χ0) is 21.6. The summed E-state index contributed by atoms with van der Waals surface area (Å²) in [7, 11) is 0. The van der Waals surface area contributed by atoms with E-state index in [9.17, 15) is 9.90 Å². The Morgan fingerprint density at radius 3 is 2.71 bits per heavy atom. The van der Waals surface area contributed by atoms with Crippen LogP contribution in [0.1, 0.15) is 47.4 Å². The summed E-state index contributed by atoms with van der Waals surface area (Å²) in [6.45, 7) is 2.25. The number of nitrogens with two attached hydrogens (primary N) is 1. The molecule has 4 N–H and O–H groups in total. The van der Waals surface area contributed by atoms with Gasteiger partial charge in [0.15, 0.2) is 5.69 Å². The van der Waals surface area contributed by atoms with E-state index in [1.165, 1.54) is 29.8 Å². The Bertz CT molecular complexity index is 1070. The van der Waals surface area contributed by atoms with Crippen molar-refractivity contribution >= 4 is 17.9 Å². The Kier molecular flexibility index (Phi) is 6.17. The van der Waals surface area contributed by atoms with Crippen molar-refractivity contribution in [1.29, 1.82) is 0 Å². The minimum Gasteiger partial charge on any atom is -0.507 e. The van der Waals surface area contributed by atoms with Crippen LogP contribution in [0.25, 0.3) is 5.82 Å². The average molecular weight is 425 g/mol. The Labute approximate surface area is 177 Å². The van der Waals surface area contributed by atoms with Crippen LogP contribution in [0.15, 0.2) is 34.0 Å². The van der Waals surface area contributed by atoms with Crippen LogP contribution in [-0.4, -0.2) is 60.5 Å². The minimum absolute atomic E-state index is 0.0477. The number of carbonyl (C=O) groups is 1. The smallest absolute Gasteiger partial charge is 0.293 e. The zero-order valence-corrected chi connectivity index (χ0v) is 16.8. The van der Waals surface area contributed by atoms with Crippen molar-refractivity contribution < 1.29 is 14.5 Å². The summed E-state index contributed by atoms with van der Waals surface area (Å²) in [6.07, 6.45) is 5.89. The number of carbonyl (C=O) groups excluding carboxylic acids is 1. The molecule has 0 unspecified atom stereocenters. The molecule has 1 amide bonds. The standard InChI is InChI=1S/C19H23N9O3/c20-17-18(25-31-24-17)28-14(12-27-9-5-1-2-6-10-27)16(22-26-28)19(30)23-21-11-13-7-3-4-8-15(13)29/h3-4,7-8,11,29H,1-2,5-6,9-10,12H2,(H2,20,24)(H,23,30)/b21-11-. The molecule has 12 nitrogen and oxygen atoms in total. The van der Waals surface area contributed by atoms with E-state index in [0.29, 0.717) is 17.8 Å². The lowest BCUT2D eigenvalue weighted by molar-refractivity contribution is 0.0947. The molecule has 0 bridgehead atoms. The second-order valence-corrected chi connectivity index (χ2v) is 7.22. The van der Waals surface area contributed by atoms with Gasteiger partial charge < -0.3 is 10.8 Å². The Morgan fingerprint density at radius 2 is 2.00 bits per heavy atom. The van der Waals surface area contributed by atoms with Crippen LogP contribution in [-0.2, 0) is 6.54 Å². The number of nitrogen functional groups attached to an aromatic ring is 1. The van der Waals surface area contributed by atoms with Gasteiger partial charge in [-0.25, -0.2) is 10.1 Å². The number of phenols is 1. The predicted octanol–water partition coefficient (Wildman–Crippen LogP) is 1.08. The van der Waals surface area contributed by atoms with Gasteiger partial charge in [0.1, 0.15) is 5.75 Å². The van der Waals surface area contributed by atoms with E-state index in [0.717, 1.165) is 25.9 Å². The summed E-state index contributed by atoms with van der Waals surface area (Å²) < 4.78 is 6.06. The lowest BCUT2D eigenvalue weighted by atomic mass is 10.2. The first-order chi connectivity index (χ1) is 15.1. The van der Waals surface area contributed by atoms with Crippen molar-refractivity contribution in [3.63, 3.8) is 0 Å². The van der Waals surface area contributed by atoms with Crippen molar-refractivity contribution in [2.75, 3.05) is 18.8 Å². The van der Waals surface area contributed by atoms with E-state index >= 15 is 0 Å². The fourth-order valence-electron chi connectivity index (χ4n) is 3.44. The number of aromatic nitrogens is 5. The van der Waals surface area contributed by atoms with Gasteiger partial charge >= 0.3 is 0 Å². The molecule has 0 radical (unpaired) electrons. The van der Waals surface area contributed by atoms with E-state index in [1.807, 2.05) is 0 Å². The molecule has 1 aromatic carbocycles. The lowest BCUT2D eigenvalue weighted by Crippen LogP contribution is -2.28. The molecule has 0 saturated carbocycles. The molecule has 162 valence electrons. The van der Waals surface area contributed by atoms with Crippen molar-refractivity contribution in [3.05, 3.63) is 41.2 Å². The van der Waals surface area contributed by atoms with Gasteiger partial charge in [-0.15, -0.1) is 5.10 Å². The fraction of sp³-hybridized carbons (Fsp3) is 0.368. The number of para-hydroxylation sites is 1. The number of nitrogens with zero attached hydrogens (tertiary/aromatic N) is 7. The maximum Gasteiger partial charge on any atom is 0.293 e. The number of rotatable bonds is 6. The Balaban J connectivity index is 1.58. The molecule has 0 aliphatic carbocycles. The van der Waals surface area contributed by atoms with Gasteiger partial charge in [-0.3, -0.25) is 9.69 Å². The van der Waals surface area contributed by atoms with Gasteiger partial charge in [-0.2, -0.15) is 9.78 Å². The summed E-state index contributed by atoms with van der Waals surface area (Å²) in [5, 5.41) is 29.2. The third-order valence-corrected chi connectivity index (χ3v) is 5.05. The largest absolute Gasteiger partial charge is 0.507 e. The molecule has 1 aliphatic heterocycles. The highest BCUT2D eigenvalue weighted by Gasteiger charge is 2.25. The molecule has 2 aromatic heterocycles. The number of benzene rings is 1. The minimum atomic E-state index is -0.544. The molecule has 0 spiro atoms. The van der Waals surface area contributed by atoms with Crippen LogP contribution >= 0.6 is 0 Å². The highest BCUT2D eigenvalue weighted by molar-refractivity contribution is 5.94. The topological polar surface area (TPSA) is 161 Å². The van der Waals surface area contributed by atoms with Crippen molar-refractivity contribution in [2.45, 2.75) is 32.2 Å². The Hall–Kier alpha value is -3.80. The van der Waals surface area contributed by atoms with E-state index in [1.54, 1.807) is 18.2 Å². The monoisotopic (exact) mass is 425 g/mol. The highest BCUT2D eigenvalue weighted by Crippen LogP contribution is 2.20. The summed E-state index contributed by atoms with van der Waals surface area (Å²) in [5.41, 5.74) is 9.34. The summed E-state index contributed by atoms with van der Waals surface area (Å²) >= 11 is 0. The van der Waals surface area contributed by atoms with Gasteiger partial charge in [-0.1, -0.05) is 30.2 Å². The van der Waals surface area contributed by atoms with E-state index in [2.05, 4.69) is 40.7 Å². The quantitative estimate of drug-likeness (QED) is 0.387. The first-order valence-corrected chi connectivity index (χ1v) is 10.00. The van der Waals surface area contributed by atoms with Gasteiger partial charge in [0.25, 0.3) is 5.91 Å². The van der Waals surface area contributed by atoms with Crippen molar-refractivity contribution in [3.8, 4) is 11.6 Å². The van der Waals surface area contributed by atoms with Gasteiger partial charge in [0.2, 0.25) is 11.6 Å². The second-order valence-electron chi connectivity index (χ2n) is 7.22. The number of anilines is 1. The maximum absolute atomic E-state index is 12.8. The third kappa shape index (κ3) is 4.69. The average Bonchev–Trinajstić information content (AvgIpc) is 3.27. The van der Waals surface area contributed by atoms with Gasteiger partial charge in [-0.05, 0) is 48.4 Å². The molecule has 3 aromatic rings. The fourth-order valence-corrected chi connectivity index (χ4v) is 3.44. The second kappa shape index (κ2) is 9.34. The molecule has 1 fully saturated rings. The van der Waals surface area contributed by atoms with Crippen LogP contribution in [0.2, 0.25) is 0 Å². The molecule has 1 aliphatic rings. The van der Waals surface area contributed by atoms with Crippen molar-refractivity contribution in [1.82, 2.24) is 35.6 Å². The van der Waals surface area contributed by atoms with Crippen LogP contribution in [0, 0.1) is 0 Å². The first kappa shape index (κ1) is 20.5. The summed E-state index contributed by atoms with van der Waals surface area (Å²) in [4.78, 5) is 15.0. The normalized spacial score (nSPS) is 15.2. The van der Waals surface area contributed by atoms with E-state index in [4.69, 9.17) is 5.73 Å².